The molecule has 2 aromatic rings. The van der Waals surface area contributed by atoms with E-state index in [9.17, 15) is 8.42 Å². The van der Waals surface area contributed by atoms with Crippen molar-refractivity contribution in [2.75, 3.05) is 7.11 Å². The molecule has 0 atom stereocenters. The van der Waals surface area contributed by atoms with Gasteiger partial charge in [-0.25, -0.2) is 8.42 Å². The zero-order chi connectivity index (χ0) is 18.4. The maximum absolute atomic E-state index is 12.8. The summed E-state index contributed by atoms with van der Waals surface area (Å²) in [7, 11) is -2.02. The van der Waals surface area contributed by atoms with E-state index in [-0.39, 0.29) is 10.3 Å². The third-order valence-corrected chi connectivity index (χ3v) is 6.94. The summed E-state index contributed by atoms with van der Waals surface area (Å²) in [5.74, 6) is 0.613. The van der Waals surface area contributed by atoms with Gasteiger partial charge in [0.25, 0.3) is 10.0 Å². The van der Waals surface area contributed by atoms with E-state index in [0.717, 1.165) is 42.5 Å². The highest BCUT2D eigenvalue weighted by atomic mass is 35.5. The van der Waals surface area contributed by atoms with Crippen molar-refractivity contribution < 1.29 is 13.2 Å². The molecular weight excluding hydrogens is 370 g/mol. The molecule has 1 spiro atoms. The quantitative estimate of drug-likeness (QED) is 0.812. The van der Waals surface area contributed by atoms with Crippen molar-refractivity contribution in [3.63, 3.8) is 0 Å². The van der Waals surface area contributed by atoms with Crippen LogP contribution in [0.5, 0.6) is 5.75 Å². The number of ether oxygens (including phenoxy) is 1. The molecule has 0 amide bonds. The number of sulfonamides is 1. The van der Waals surface area contributed by atoms with E-state index in [1.165, 1.54) is 0 Å². The van der Waals surface area contributed by atoms with Gasteiger partial charge in [-0.05, 0) is 66.5 Å². The van der Waals surface area contributed by atoms with Gasteiger partial charge in [-0.15, -0.1) is 0 Å². The molecule has 2 aliphatic rings. The summed E-state index contributed by atoms with van der Waals surface area (Å²) < 4.78 is 33.6. The standard InChI is InChI=1S/C20H20ClNO3S/c1-25-19-8-7-14(11-17(19)21)16-12-20(9-10-20)13-18(16)22-26(23,24)15-5-3-2-4-6-15/h2-8,11,22H,9-10,12-13H2,1H3. The molecule has 0 heterocycles. The molecule has 2 aliphatic carbocycles. The number of hydrogen-bond donors (Lipinski definition) is 1. The largest absolute Gasteiger partial charge is 0.495 e. The zero-order valence-electron chi connectivity index (χ0n) is 14.5. The summed E-state index contributed by atoms with van der Waals surface area (Å²) in [6.45, 7) is 0. The van der Waals surface area contributed by atoms with Crippen LogP contribution in [0.15, 0.2) is 59.1 Å². The molecule has 1 fully saturated rings. The van der Waals surface area contributed by atoms with Crippen LogP contribution in [0, 0.1) is 5.41 Å². The molecule has 26 heavy (non-hydrogen) atoms. The lowest BCUT2D eigenvalue weighted by molar-refractivity contribution is 0.415. The van der Waals surface area contributed by atoms with Crippen LogP contribution in [0.1, 0.15) is 31.2 Å². The van der Waals surface area contributed by atoms with Crippen LogP contribution in [0.25, 0.3) is 5.57 Å². The average Bonchev–Trinajstić information content (AvgIpc) is 3.29. The van der Waals surface area contributed by atoms with Crippen molar-refractivity contribution in [3.05, 3.63) is 64.8 Å². The number of hydrogen-bond acceptors (Lipinski definition) is 3. The highest BCUT2D eigenvalue weighted by molar-refractivity contribution is 7.89. The Morgan fingerprint density at radius 1 is 1.08 bits per heavy atom. The molecule has 0 bridgehead atoms. The van der Waals surface area contributed by atoms with Crippen molar-refractivity contribution in [1.82, 2.24) is 4.72 Å². The van der Waals surface area contributed by atoms with Crippen LogP contribution >= 0.6 is 11.6 Å². The molecule has 0 unspecified atom stereocenters. The van der Waals surface area contributed by atoms with Crippen LogP contribution in [0.4, 0.5) is 0 Å². The van der Waals surface area contributed by atoms with Crippen LogP contribution in [0.2, 0.25) is 5.02 Å². The number of nitrogens with one attached hydrogen (secondary N) is 1. The maximum atomic E-state index is 12.8. The van der Waals surface area contributed by atoms with Gasteiger partial charge in [-0.1, -0.05) is 35.9 Å². The van der Waals surface area contributed by atoms with Gasteiger partial charge in [-0.3, -0.25) is 4.72 Å². The van der Waals surface area contributed by atoms with Crippen molar-refractivity contribution in [1.29, 1.82) is 0 Å². The lowest BCUT2D eigenvalue weighted by atomic mass is 9.99. The first-order valence-electron chi connectivity index (χ1n) is 8.56. The normalized spacial score (nSPS) is 18.2. The first-order chi connectivity index (χ1) is 12.4. The fourth-order valence-corrected chi connectivity index (χ4v) is 5.02. The molecule has 0 aliphatic heterocycles. The summed E-state index contributed by atoms with van der Waals surface area (Å²) in [6, 6.07) is 14.1. The van der Waals surface area contributed by atoms with Gasteiger partial charge in [0.1, 0.15) is 5.75 Å². The number of rotatable bonds is 5. The van der Waals surface area contributed by atoms with E-state index in [0.29, 0.717) is 10.8 Å². The molecule has 4 rings (SSSR count). The minimum Gasteiger partial charge on any atom is -0.495 e. The summed E-state index contributed by atoms with van der Waals surface area (Å²) in [5, 5.41) is 0.527. The summed E-state index contributed by atoms with van der Waals surface area (Å²) in [4.78, 5) is 0.274. The molecule has 0 radical (unpaired) electrons. The number of allylic oxidation sites excluding steroid dienone is 2. The van der Waals surface area contributed by atoms with E-state index in [1.54, 1.807) is 37.4 Å². The molecule has 2 aromatic carbocycles. The Morgan fingerprint density at radius 3 is 2.42 bits per heavy atom. The molecule has 0 saturated heterocycles. The van der Waals surface area contributed by atoms with Crippen molar-refractivity contribution in [3.8, 4) is 5.75 Å². The maximum Gasteiger partial charge on any atom is 0.261 e. The van der Waals surface area contributed by atoms with Gasteiger partial charge < -0.3 is 4.74 Å². The second-order valence-electron chi connectivity index (χ2n) is 7.08. The smallest absolute Gasteiger partial charge is 0.261 e. The minimum absolute atomic E-state index is 0.219. The Bertz CT molecular complexity index is 979. The molecule has 136 valence electrons. The number of benzene rings is 2. The fraction of sp³-hybridized carbons (Fsp3) is 0.300. The summed E-state index contributed by atoms with van der Waals surface area (Å²) >= 11 is 6.29. The monoisotopic (exact) mass is 389 g/mol. The summed E-state index contributed by atoms with van der Waals surface area (Å²) in [5.41, 5.74) is 2.99. The second-order valence-corrected chi connectivity index (χ2v) is 9.17. The third kappa shape index (κ3) is 3.21. The Balaban J connectivity index is 1.71. The average molecular weight is 390 g/mol. The minimum atomic E-state index is -3.60. The van der Waals surface area contributed by atoms with Crippen molar-refractivity contribution >= 4 is 27.2 Å². The van der Waals surface area contributed by atoms with E-state index in [1.807, 2.05) is 18.2 Å². The van der Waals surface area contributed by atoms with E-state index in [2.05, 4.69) is 4.72 Å². The lowest BCUT2D eigenvalue weighted by Gasteiger charge is -2.13. The zero-order valence-corrected chi connectivity index (χ0v) is 16.0. The molecule has 4 nitrogen and oxygen atoms in total. The Kier molecular flexibility index (Phi) is 4.24. The molecule has 1 saturated carbocycles. The fourth-order valence-electron chi connectivity index (χ4n) is 3.61. The van der Waals surface area contributed by atoms with Crippen LogP contribution < -0.4 is 9.46 Å². The highest BCUT2D eigenvalue weighted by Crippen LogP contribution is 2.61. The number of halogens is 1. The van der Waals surface area contributed by atoms with Crippen molar-refractivity contribution in [2.24, 2.45) is 5.41 Å². The van der Waals surface area contributed by atoms with Crippen molar-refractivity contribution in [2.45, 2.75) is 30.6 Å². The van der Waals surface area contributed by atoms with E-state index in [4.69, 9.17) is 16.3 Å². The molecule has 1 N–H and O–H groups in total. The number of methoxy groups -OCH3 is 1. The summed E-state index contributed by atoms with van der Waals surface area (Å²) in [6.07, 6.45) is 3.91. The first-order valence-corrected chi connectivity index (χ1v) is 10.4. The van der Waals surface area contributed by atoms with Gasteiger partial charge in [0.15, 0.2) is 0 Å². The molecular formula is C20H20ClNO3S. The van der Waals surface area contributed by atoms with E-state index >= 15 is 0 Å². The van der Waals surface area contributed by atoms with Crippen LogP contribution in [-0.2, 0) is 10.0 Å². The highest BCUT2D eigenvalue weighted by Gasteiger charge is 2.49. The topological polar surface area (TPSA) is 55.4 Å². The Hall–Kier alpha value is -1.98. The van der Waals surface area contributed by atoms with Gasteiger partial charge >= 0.3 is 0 Å². The van der Waals surface area contributed by atoms with Crippen LogP contribution in [0.3, 0.4) is 0 Å². The SMILES string of the molecule is COc1ccc(C2=C(NS(=O)(=O)c3ccccc3)CC3(CC3)C2)cc1Cl. The molecule has 0 aromatic heterocycles. The van der Waals surface area contributed by atoms with E-state index < -0.39 is 10.0 Å². The van der Waals surface area contributed by atoms with Gasteiger partial charge in [0.05, 0.1) is 17.0 Å². The first kappa shape index (κ1) is 17.4. The predicted molar refractivity (Wildman–Crippen MR) is 103 cm³/mol. The second kappa shape index (κ2) is 6.32. The third-order valence-electron chi connectivity index (χ3n) is 5.24. The van der Waals surface area contributed by atoms with Gasteiger partial charge in [0.2, 0.25) is 0 Å². The predicted octanol–water partition coefficient (Wildman–Crippen LogP) is 4.61. The Labute approximate surface area is 158 Å². The Morgan fingerprint density at radius 2 is 1.81 bits per heavy atom. The van der Waals surface area contributed by atoms with Crippen LogP contribution in [-0.4, -0.2) is 15.5 Å². The van der Waals surface area contributed by atoms with Gasteiger partial charge in [0, 0.05) is 5.70 Å². The van der Waals surface area contributed by atoms with Gasteiger partial charge in [-0.2, -0.15) is 0 Å². The molecule has 6 heteroatoms. The lowest BCUT2D eigenvalue weighted by Crippen LogP contribution is -2.23.